The van der Waals surface area contributed by atoms with Crippen LogP contribution in [0.2, 0.25) is 0 Å². The van der Waals surface area contributed by atoms with E-state index in [9.17, 15) is 14.4 Å². The van der Waals surface area contributed by atoms with E-state index in [-0.39, 0.29) is 24.3 Å². The molecule has 1 unspecified atom stereocenters. The zero-order chi connectivity index (χ0) is 21.5. The van der Waals surface area contributed by atoms with Crippen molar-refractivity contribution in [2.24, 2.45) is 5.73 Å². The highest BCUT2D eigenvalue weighted by Crippen LogP contribution is 2.15. The number of rotatable bonds is 5. The Morgan fingerprint density at radius 3 is 1.79 bits per heavy atom. The maximum absolute atomic E-state index is 12.2. The van der Waals surface area contributed by atoms with Crippen molar-refractivity contribution in [3.63, 3.8) is 0 Å². The first-order valence-corrected chi connectivity index (χ1v) is 8.94. The summed E-state index contributed by atoms with van der Waals surface area (Å²) in [5.74, 6) is 3.50. The van der Waals surface area contributed by atoms with Crippen LogP contribution in [0.15, 0.2) is 18.2 Å². The van der Waals surface area contributed by atoms with Crippen molar-refractivity contribution in [1.29, 1.82) is 0 Å². The van der Waals surface area contributed by atoms with Gasteiger partial charge in [0.05, 0.1) is 24.3 Å². The second-order valence-corrected chi connectivity index (χ2v) is 7.19. The molecule has 0 aliphatic heterocycles. The summed E-state index contributed by atoms with van der Waals surface area (Å²) in [6, 6.07) is 4.29. The van der Waals surface area contributed by atoms with Crippen molar-refractivity contribution >= 4 is 17.9 Å². The first-order chi connectivity index (χ1) is 12.9. The molecule has 1 aromatic rings. The molecule has 0 radical (unpaired) electrons. The second-order valence-electron chi connectivity index (χ2n) is 7.19. The summed E-state index contributed by atoms with van der Waals surface area (Å²) in [7, 11) is 0. The zero-order valence-corrected chi connectivity index (χ0v) is 17.2. The number of nitrogens with two attached hydrogens (primary N) is 1. The first-order valence-electron chi connectivity index (χ1n) is 8.94. The molecule has 0 heterocycles. The average molecular weight is 389 g/mol. The van der Waals surface area contributed by atoms with Crippen LogP contribution < -0.4 is 5.73 Å². The van der Waals surface area contributed by atoms with E-state index in [0.717, 1.165) is 0 Å². The fourth-order valence-corrected chi connectivity index (χ4v) is 2.00. The lowest BCUT2D eigenvalue weighted by molar-refractivity contribution is -0.158. The molecule has 0 spiro atoms. The van der Waals surface area contributed by atoms with Gasteiger partial charge in [-0.3, -0.25) is 0 Å². The number of carbonyl (C=O) groups is 3. The van der Waals surface area contributed by atoms with Gasteiger partial charge in [-0.1, -0.05) is 11.8 Å². The summed E-state index contributed by atoms with van der Waals surface area (Å²) in [5, 5.41) is 0. The Bertz CT molecular complexity index is 772. The number of esters is 3. The van der Waals surface area contributed by atoms with E-state index in [2.05, 4.69) is 11.8 Å². The highest BCUT2D eigenvalue weighted by atomic mass is 16.6. The predicted octanol–water partition coefficient (Wildman–Crippen LogP) is 2.45. The minimum Gasteiger partial charge on any atom is -0.462 e. The molecule has 0 bridgehead atoms. The van der Waals surface area contributed by atoms with Crippen molar-refractivity contribution in [2.45, 2.75) is 52.7 Å². The molecule has 28 heavy (non-hydrogen) atoms. The Balaban J connectivity index is 3.29. The molecule has 0 saturated carbocycles. The van der Waals surface area contributed by atoms with Gasteiger partial charge in [0.15, 0.2) is 5.54 Å². The Morgan fingerprint density at radius 1 is 0.929 bits per heavy atom. The average Bonchev–Trinajstić information content (AvgIpc) is 2.58. The zero-order valence-electron chi connectivity index (χ0n) is 17.2. The molecule has 0 saturated heterocycles. The first kappa shape index (κ1) is 23.2. The molecular formula is C21H27NO6. The third-order valence-corrected chi connectivity index (χ3v) is 3.24. The molecule has 0 amide bonds. The highest BCUT2D eigenvalue weighted by molar-refractivity contribution is 5.96. The van der Waals surface area contributed by atoms with Gasteiger partial charge in [-0.05, 0) is 59.7 Å². The quantitative estimate of drug-likeness (QED) is 0.468. The smallest absolute Gasteiger partial charge is 0.338 e. The lowest BCUT2D eigenvalue weighted by Crippen LogP contribution is -2.47. The third-order valence-electron chi connectivity index (χ3n) is 3.24. The van der Waals surface area contributed by atoms with E-state index < -0.39 is 29.0 Å². The molecule has 2 N–H and O–H groups in total. The molecular weight excluding hydrogens is 362 g/mol. The molecule has 0 aliphatic rings. The molecule has 7 heteroatoms. The van der Waals surface area contributed by atoms with Gasteiger partial charge in [0, 0.05) is 5.56 Å². The maximum atomic E-state index is 12.2. The minimum atomic E-state index is -1.57. The van der Waals surface area contributed by atoms with Crippen LogP contribution >= 0.6 is 0 Å². The standard InChI is InChI=1S/C21H27NO6/c1-7-26-17(23)15-11-14(12-16(13-15)18(24)27-8-2)9-10-21(6,22)19(25)28-20(3,4)5/h11-13H,7-8,22H2,1-6H3. The van der Waals surface area contributed by atoms with Crippen LogP contribution in [-0.2, 0) is 19.0 Å². The molecule has 0 aromatic heterocycles. The van der Waals surface area contributed by atoms with Gasteiger partial charge < -0.3 is 19.9 Å². The molecule has 7 nitrogen and oxygen atoms in total. The fraction of sp³-hybridized carbons (Fsp3) is 0.476. The van der Waals surface area contributed by atoms with Gasteiger partial charge in [0.25, 0.3) is 0 Å². The van der Waals surface area contributed by atoms with E-state index in [4.69, 9.17) is 19.9 Å². The van der Waals surface area contributed by atoms with Crippen LogP contribution in [0.25, 0.3) is 0 Å². The van der Waals surface area contributed by atoms with E-state index in [0.29, 0.717) is 5.56 Å². The maximum Gasteiger partial charge on any atom is 0.338 e. The lowest BCUT2D eigenvalue weighted by Gasteiger charge is -2.24. The van der Waals surface area contributed by atoms with Gasteiger partial charge >= 0.3 is 17.9 Å². The number of carbonyl (C=O) groups excluding carboxylic acids is 3. The molecule has 1 rings (SSSR count). The van der Waals surface area contributed by atoms with Crippen LogP contribution in [0.1, 0.15) is 67.8 Å². The molecule has 0 fully saturated rings. The largest absolute Gasteiger partial charge is 0.462 e. The van der Waals surface area contributed by atoms with Gasteiger partial charge in [0.2, 0.25) is 0 Å². The molecule has 0 aliphatic carbocycles. The fourth-order valence-electron chi connectivity index (χ4n) is 2.00. The molecule has 1 atom stereocenters. The lowest BCUT2D eigenvalue weighted by atomic mass is 10.0. The number of ether oxygens (including phenoxy) is 3. The van der Waals surface area contributed by atoms with Crippen molar-refractivity contribution in [2.75, 3.05) is 13.2 Å². The van der Waals surface area contributed by atoms with Crippen LogP contribution in [-0.4, -0.2) is 42.3 Å². The van der Waals surface area contributed by atoms with Crippen molar-refractivity contribution < 1.29 is 28.6 Å². The van der Waals surface area contributed by atoms with Crippen molar-refractivity contribution in [3.8, 4) is 11.8 Å². The SMILES string of the molecule is CCOC(=O)c1cc(C#CC(C)(N)C(=O)OC(C)(C)C)cc(C(=O)OCC)c1. The van der Waals surface area contributed by atoms with Crippen molar-refractivity contribution in [1.82, 2.24) is 0 Å². The number of hydrogen-bond donors (Lipinski definition) is 1. The Kier molecular flexibility index (Phi) is 7.77. The second kappa shape index (κ2) is 9.38. The normalized spacial score (nSPS) is 12.8. The monoisotopic (exact) mass is 389 g/mol. The van der Waals surface area contributed by atoms with Gasteiger partial charge in [-0.15, -0.1) is 0 Å². The number of hydrogen-bond acceptors (Lipinski definition) is 7. The highest BCUT2D eigenvalue weighted by Gasteiger charge is 2.31. The Hall–Kier alpha value is -2.85. The van der Waals surface area contributed by atoms with Gasteiger partial charge in [0.1, 0.15) is 5.60 Å². The van der Waals surface area contributed by atoms with Crippen molar-refractivity contribution in [3.05, 3.63) is 34.9 Å². The summed E-state index contributed by atoms with van der Waals surface area (Å²) >= 11 is 0. The van der Waals surface area contributed by atoms with E-state index >= 15 is 0 Å². The van der Waals surface area contributed by atoms with Crippen LogP contribution in [0, 0.1) is 11.8 Å². The predicted molar refractivity (Wildman–Crippen MR) is 104 cm³/mol. The topological polar surface area (TPSA) is 105 Å². The minimum absolute atomic E-state index is 0.146. The Labute approximate surface area is 165 Å². The van der Waals surface area contributed by atoms with E-state index in [1.807, 2.05) is 0 Å². The summed E-state index contributed by atoms with van der Waals surface area (Å²) in [4.78, 5) is 36.4. The van der Waals surface area contributed by atoms with Crippen LogP contribution in [0.3, 0.4) is 0 Å². The molecule has 1 aromatic carbocycles. The number of benzene rings is 1. The third kappa shape index (κ3) is 7.05. The van der Waals surface area contributed by atoms with E-state index in [1.54, 1.807) is 34.6 Å². The summed E-state index contributed by atoms with van der Waals surface area (Å²) in [6.07, 6.45) is 0. The van der Waals surface area contributed by atoms with Crippen LogP contribution in [0.5, 0.6) is 0 Å². The molecule has 152 valence electrons. The van der Waals surface area contributed by atoms with Gasteiger partial charge in [-0.2, -0.15) is 0 Å². The van der Waals surface area contributed by atoms with Gasteiger partial charge in [-0.25, -0.2) is 14.4 Å². The Morgan fingerprint density at radius 2 is 1.39 bits per heavy atom. The van der Waals surface area contributed by atoms with Crippen LogP contribution in [0.4, 0.5) is 0 Å². The summed E-state index contributed by atoms with van der Waals surface area (Å²) in [6.45, 7) is 10.3. The summed E-state index contributed by atoms with van der Waals surface area (Å²) in [5.41, 5.74) is 4.30. The summed E-state index contributed by atoms with van der Waals surface area (Å²) < 4.78 is 15.2. The van der Waals surface area contributed by atoms with E-state index in [1.165, 1.54) is 25.1 Å².